The van der Waals surface area contributed by atoms with Crippen LogP contribution in [-0.4, -0.2) is 41.5 Å². The van der Waals surface area contributed by atoms with Crippen molar-refractivity contribution in [1.29, 1.82) is 0 Å². The standard InChI is InChI=1S/C20H22FN3O/c1-2-8-24-11-16-17(12-24)19(16)23-20(25)14-6-7-18(22-10-14)13-4-3-5-15(21)9-13/h3-7,9-10,16-17,19H,2,8,11-12H2,1H3,(H,23,25)/t16-,17+,19+. The van der Waals surface area contributed by atoms with Crippen molar-refractivity contribution in [2.45, 2.75) is 19.4 Å². The summed E-state index contributed by atoms with van der Waals surface area (Å²) in [5.74, 6) is 0.850. The third kappa shape index (κ3) is 3.29. The molecule has 0 bridgehead atoms. The molecule has 5 heteroatoms. The molecule has 1 saturated heterocycles. The van der Waals surface area contributed by atoms with Gasteiger partial charge in [-0.05, 0) is 49.1 Å². The van der Waals surface area contributed by atoms with E-state index in [2.05, 4.69) is 22.1 Å². The van der Waals surface area contributed by atoms with Crippen LogP contribution in [0.3, 0.4) is 0 Å². The van der Waals surface area contributed by atoms with Gasteiger partial charge in [0, 0.05) is 30.9 Å². The molecule has 2 aliphatic rings. The number of fused-ring (bicyclic) bond motifs is 1. The van der Waals surface area contributed by atoms with Gasteiger partial charge in [-0.15, -0.1) is 0 Å². The topological polar surface area (TPSA) is 45.2 Å². The number of piperidine rings is 1. The molecular weight excluding hydrogens is 317 g/mol. The molecule has 4 rings (SSSR count). The van der Waals surface area contributed by atoms with Gasteiger partial charge >= 0.3 is 0 Å². The van der Waals surface area contributed by atoms with E-state index in [1.54, 1.807) is 30.5 Å². The molecule has 1 N–H and O–H groups in total. The van der Waals surface area contributed by atoms with Gasteiger partial charge in [0.2, 0.25) is 0 Å². The fourth-order valence-electron chi connectivity index (χ4n) is 3.91. The third-order valence-electron chi connectivity index (χ3n) is 5.25. The molecule has 2 fully saturated rings. The molecule has 2 aromatic rings. The van der Waals surface area contributed by atoms with Crippen molar-refractivity contribution < 1.29 is 9.18 Å². The first-order valence-corrected chi connectivity index (χ1v) is 8.91. The summed E-state index contributed by atoms with van der Waals surface area (Å²) in [6.45, 7) is 5.54. The number of likely N-dealkylation sites (tertiary alicyclic amines) is 1. The highest BCUT2D eigenvalue weighted by atomic mass is 19.1. The van der Waals surface area contributed by atoms with E-state index < -0.39 is 0 Å². The Morgan fingerprint density at radius 3 is 2.72 bits per heavy atom. The van der Waals surface area contributed by atoms with E-state index >= 15 is 0 Å². The number of nitrogens with one attached hydrogen (secondary N) is 1. The summed E-state index contributed by atoms with van der Waals surface area (Å²) in [6, 6.07) is 10.1. The number of rotatable bonds is 5. The predicted molar refractivity (Wildman–Crippen MR) is 94.6 cm³/mol. The molecule has 3 atom stereocenters. The fraction of sp³-hybridized carbons (Fsp3) is 0.400. The van der Waals surface area contributed by atoms with Gasteiger partial charge in [-0.25, -0.2) is 4.39 Å². The van der Waals surface area contributed by atoms with Crippen molar-refractivity contribution in [3.8, 4) is 11.3 Å². The van der Waals surface area contributed by atoms with Crippen LogP contribution in [-0.2, 0) is 0 Å². The number of amides is 1. The molecule has 0 radical (unpaired) electrons. The van der Waals surface area contributed by atoms with Gasteiger partial charge in [0.15, 0.2) is 0 Å². The van der Waals surface area contributed by atoms with Crippen LogP contribution < -0.4 is 5.32 Å². The molecule has 1 aliphatic carbocycles. The summed E-state index contributed by atoms with van der Waals surface area (Å²) in [7, 11) is 0. The van der Waals surface area contributed by atoms with Crippen molar-refractivity contribution in [2.75, 3.05) is 19.6 Å². The zero-order chi connectivity index (χ0) is 17.4. The lowest BCUT2D eigenvalue weighted by atomic mass is 10.1. The van der Waals surface area contributed by atoms with Crippen LogP contribution in [0.5, 0.6) is 0 Å². The minimum absolute atomic E-state index is 0.0697. The van der Waals surface area contributed by atoms with Gasteiger partial charge in [-0.3, -0.25) is 9.78 Å². The number of halogens is 1. The van der Waals surface area contributed by atoms with Crippen molar-refractivity contribution >= 4 is 5.91 Å². The first-order chi connectivity index (χ1) is 12.2. The lowest BCUT2D eigenvalue weighted by Gasteiger charge is -2.18. The summed E-state index contributed by atoms with van der Waals surface area (Å²) in [6.07, 6.45) is 2.75. The smallest absolute Gasteiger partial charge is 0.253 e. The number of aromatic nitrogens is 1. The molecular formula is C20H22FN3O. The maximum atomic E-state index is 13.3. The summed E-state index contributed by atoms with van der Waals surface area (Å²) < 4.78 is 13.3. The first-order valence-electron chi connectivity index (χ1n) is 8.91. The van der Waals surface area contributed by atoms with Crippen LogP contribution in [0.25, 0.3) is 11.3 Å². The molecule has 1 aliphatic heterocycles. The number of hydrogen-bond donors (Lipinski definition) is 1. The van der Waals surface area contributed by atoms with Crippen molar-refractivity contribution in [3.05, 3.63) is 54.0 Å². The molecule has 1 aromatic carbocycles. The highest BCUT2D eigenvalue weighted by Crippen LogP contribution is 2.45. The Morgan fingerprint density at radius 2 is 2.08 bits per heavy atom. The quantitative estimate of drug-likeness (QED) is 0.911. The second-order valence-corrected chi connectivity index (χ2v) is 7.03. The molecule has 25 heavy (non-hydrogen) atoms. The van der Waals surface area contributed by atoms with Gasteiger partial charge < -0.3 is 10.2 Å². The number of pyridine rings is 1. The van der Waals surface area contributed by atoms with Crippen LogP contribution in [0, 0.1) is 17.7 Å². The van der Waals surface area contributed by atoms with Gasteiger partial charge in [0.25, 0.3) is 5.91 Å². The van der Waals surface area contributed by atoms with E-state index in [1.165, 1.54) is 18.6 Å². The molecule has 2 heterocycles. The normalized spacial score (nSPS) is 24.8. The molecule has 1 aromatic heterocycles. The van der Waals surface area contributed by atoms with Crippen LogP contribution in [0.4, 0.5) is 4.39 Å². The Balaban J connectivity index is 1.36. The zero-order valence-electron chi connectivity index (χ0n) is 14.3. The van der Waals surface area contributed by atoms with Gasteiger partial charge in [-0.1, -0.05) is 19.1 Å². The molecule has 1 amide bonds. The van der Waals surface area contributed by atoms with Crippen LogP contribution >= 0.6 is 0 Å². The Hall–Kier alpha value is -2.27. The summed E-state index contributed by atoms with van der Waals surface area (Å²) >= 11 is 0. The lowest BCUT2D eigenvalue weighted by molar-refractivity contribution is 0.0942. The summed E-state index contributed by atoms with van der Waals surface area (Å²) in [5.41, 5.74) is 1.92. The van der Waals surface area contributed by atoms with E-state index in [1.807, 2.05) is 0 Å². The third-order valence-corrected chi connectivity index (χ3v) is 5.25. The fourth-order valence-corrected chi connectivity index (χ4v) is 3.91. The second kappa shape index (κ2) is 6.56. The van der Waals surface area contributed by atoms with Gasteiger partial charge in [0.1, 0.15) is 5.82 Å². The number of benzene rings is 1. The minimum Gasteiger partial charge on any atom is -0.349 e. The number of nitrogens with zero attached hydrogens (tertiary/aromatic N) is 2. The predicted octanol–water partition coefficient (Wildman–Crippen LogP) is 2.96. The molecule has 130 valence electrons. The van der Waals surface area contributed by atoms with Crippen molar-refractivity contribution in [2.24, 2.45) is 11.8 Å². The van der Waals surface area contributed by atoms with Crippen molar-refractivity contribution in [3.63, 3.8) is 0 Å². The van der Waals surface area contributed by atoms with E-state index in [4.69, 9.17) is 0 Å². The Kier molecular flexibility index (Phi) is 4.25. The van der Waals surface area contributed by atoms with Gasteiger partial charge in [0.05, 0.1) is 11.3 Å². The van der Waals surface area contributed by atoms with Crippen LogP contribution in [0.1, 0.15) is 23.7 Å². The zero-order valence-corrected chi connectivity index (χ0v) is 14.3. The van der Waals surface area contributed by atoms with Crippen LogP contribution in [0.15, 0.2) is 42.6 Å². The van der Waals surface area contributed by atoms with Crippen LogP contribution in [0.2, 0.25) is 0 Å². The largest absolute Gasteiger partial charge is 0.349 e. The lowest BCUT2D eigenvalue weighted by Crippen LogP contribution is -2.34. The monoisotopic (exact) mass is 339 g/mol. The Morgan fingerprint density at radius 1 is 1.28 bits per heavy atom. The van der Waals surface area contributed by atoms with E-state index in [-0.39, 0.29) is 11.7 Å². The first kappa shape index (κ1) is 16.2. The average molecular weight is 339 g/mol. The average Bonchev–Trinajstić information content (AvgIpc) is 3.05. The van der Waals surface area contributed by atoms with E-state index in [9.17, 15) is 9.18 Å². The number of carbonyl (C=O) groups is 1. The Labute approximate surface area is 147 Å². The van der Waals surface area contributed by atoms with Crippen molar-refractivity contribution in [1.82, 2.24) is 15.2 Å². The maximum absolute atomic E-state index is 13.3. The molecule has 0 unspecified atom stereocenters. The SMILES string of the molecule is CCCN1C[C@@H]2[C@H](C1)[C@H]2NC(=O)c1ccc(-c2cccc(F)c2)nc1. The number of hydrogen-bond acceptors (Lipinski definition) is 3. The molecule has 1 saturated carbocycles. The summed E-state index contributed by atoms with van der Waals surface area (Å²) in [5, 5.41) is 3.14. The maximum Gasteiger partial charge on any atom is 0.253 e. The van der Waals surface area contributed by atoms with E-state index in [0.717, 1.165) is 19.6 Å². The highest BCUT2D eigenvalue weighted by Gasteiger charge is 2.56. The second-order valence-electron chi connectivity index (χ2n) is 7.03. The highest BCUT2D eigenvalue weighted by molar-refractivity contribution is 5.94. The Bertz CT molecular complexity index is 765. The minimum atomic E-state index is -0.293. The van der Waals surface area contributed by atoms with E-state index in [0.29, 0.717) is 34.7 Å². The van der Waals surface area contributed by atoms with Gasteiger partial charge in [-0.2, -0.15) is 0 Å². The summed E-state index contributed by atoms with van der Waals surface area (Å²) in [4.78, 5) is 19.2. The molecule has 4 nitrogen and oxygen atoms in total. The molecule has 0 spiro atoms. The number of carbonyl (C=O) groups excluding carboxylic acids is 1.